The molecule has 1 aliphatic heterocycles. The minimum absolute atomic E-state index is 0.197. The predicted molar refractivity (Wildman–Crippen MR) is 248 cm³/mol. The Bertz CT molecular complexity index is 929. The molecule has 1 amide bonds. The Hall–Kier alpha value is -0.850. The van der Waals surface area contributed by atoms with E-state index in [1.807, 2.05) is 0 Å². The number of aliphatic hydroxyl groups is 5. The van der Waals surface area contributed by atoms with E-state index in [-0.39, 0.29) is 12.5 Å². The first-order valence-corrected chi connectivity index (χ1v) is 25.9. The molecule has 10 heteroatoms. The summed E-state index contributed by atoms with van der Waals surface area (Å²) in [6, 6.07) is -1.45. The molecule has 8 atom stereocenters. The number of carbonyl (C=O) groups is 1. The first-order chi connectivity index (χ1) is 29.3. The second-order valence-corrected chi connectivity index (χ2v) is 18.6. The largest absolute Gasteiger partial charge is 0.394 e. The monoisotopic (exact) mass is 857 g/mol. The highest BCUT2D eigenvalue weighted by atomic mass is 16.7. The summed E-state index contributed by atoms with van der Waals surface area (Å²) < 4.78 is 11.3. The first-order valence-electron chi connectivity index (χ1n) is 25.9. The van der Waals surface area contributed by atoms with Crippen LogP contribution >= 0.6 is 0 Å². The number of rotatable bonds is 44. The van der Waals surface area contributed by atoms with Gasteiger partial charge in [-0.15, -0.1) is 0 Å². The Balaban J connectivity index is 2.26. The molecule has 0 aromatic rings. The second kappa shape index (κ2) is 40.9. The molecule has 0 aromatic carbocycles. The molecule has 1 fully saturated rings. The van der Waals surface area contributed by atoms with E-state index in [4.69, 9.17) is 15.2 Å². The maximum absolute atomic E-state index is 13.1. The molecule has 1 heterocycles. The van der Waals surface area contributed by atoms with Crippen molar-refractivity contribution >= 4 is 5.91 Å². The molecule has 1 rings (SSSR count). The number of nitrogens with one attached hydrogen (secondary N) is 1. The van der Waals surface area contributed by atoms with Gasteiger partial charge in [0.1, 0.15) is 24.4 Å². The first kappa shape index (κ1) is 57.2. The molecule has 358 valence electrons. The van der Waals surface area contributed by atoms with Crippen LogP contribution < -0.4 is 11.1 Å². The number of hydrogen-bond acceptors (Lipinski definition) is 9. The lowest BCUT2D eigenvalue weighted by Crippen LogP contribution is -2.60. The van der Waals surface area contributed by atoms with Crippen LogP contribution in [-0.4, -0.2) is 93.5 Å². The van der Waals surface area contributed by atoms with Crippen molar-refractivity contribution in [3.8, 4) is 0 Å². The molecule has 0 radical (unpaired) electrons. The van der Waals surface area contributed by atoms with Gasteiger partial charge in [0.2, 0.25) is 5.91 Å². The lowest BCUT2D eigenvalue weighted by atomic mass is 9.97. The third-order valence-electron chi connectivity index (χ3n) is 12.9. The van der Waals surface area contributed by atoms with Gasteiger partial charge in [0, 0.05) is 12.5 Å². The zero-order chi connectivity index (χ0) is 43.9. The Morgan fingerprint density at radius 1 is 0.550 bits per heavy atom. The van der Waals surface area contributed by atoms with Crippen LogP contribution in [0, 0.1) is 0 Å². The number of amides is 1. The van der Waals surface area contributed by atoms with Crippen molar-refractivity contribution in [1.82, 2.24) is 5.32 Å². The molecule has 0 unspecified atom stereocenters. The van der Waals surface area contributed by atoms with Gasteiger partial charge in [0.25, 0.3) is 0 Å². The van der Waals surface area contributed by atoms with Gasteiger partial charge in [-0.1, -0.05) is 232 Å². The standard InChI is InChI=1S/C50H100N2O8/c1-3-5-7-9-11-13-15-17-18-19-20-21-22-23-24-25-26-27-29-31-33-35-37-39-45(54)52-43(41-59-50-49(58)48(57)47(56)44(40-53)60-50)46(55)42(51)38-36-34-32-30-28-16-14-12-10-8-6-4-2/h42-44,46-50,53,55-58H,3-41,51H2,1-2H3,(H,52,54)/t42-,43-,44+,46+,47-,48-,49+,50-/m0/s1. The Morgan fingerprint density at radius 2 is 0.900 bits per heavy atom. The van der Waals surface area contributed by atoms with Crippen molar-refractivity contribution in [2.45, 2.75) is 300 Å². The third-order valence-corrected chi connectivity index (χ3v) is 12.9. The van der Waals surface area contributed by atoms with Gasteiger partial charge < -0.3 is 46.1 Å². The van der Waals surface area contributed by atoms with Gasteiger partial charge in [0.15, 0.2) is 6.29 Å². The third kappa shape index (κ3) is 30.3. The number of hydrogen-bond donors (Lipinski definition) is 7. The second-order valence-electron chi connectivity index (χ2n) is 18.6. The molecular weight excluding hydrogens is 757 g/mol. The quantitative estimate of drug-likeness (QED) is 0.0294. The number of carbonyl (C=O) groups excluding carboxylic acids is 1. The smallest absolute Gasteiger partial charge is 0.220 e. The summed E-state index contributed by atoms with van der Waals surface area (Å²) in [6.07, 6.45) is 37.8. The van der Waals surface area contributed by atoms with Crippen LogP contribution in [0.4, 0.5) is 0 Å². The van der Waals surface area contributed by atoms with E-state index in [0.29, 0.717) is 12.8 Å². The molecule has 60 heavy (non-hydrogen) atoms. The number of unbranched alkanes of at least 4 members (excludes halogenated alkanes) is 33. The van der Waals surface area contributed by atoms with Gasteiger partial charge in [-0.25, -0.2) is 0 Å². The zero-order valence-corrected chi connectivity index (χ0v) is 39.2. The van der Waals surface area contributed by atoms with Gasteiger partial charge in [0.05, 0.1) is 25.4 Å². The van der Waals surface area contributed by atoms with Crippen LogP contribution in [0.3, 0.4) is 0 Å². The van der Waals surface area contributed by atoms with Gasteiger partial charge in [-0.05, 0) is 12.8 Å². The molecular formula is C50H100N2O8. The highest BCUT2D eigenvalue weighted by Gasteiger charge is 2.44. The number of aliphatic hydroxyl groups excluding tert-OH is 5. The topological polar surface area (TPSA) is 175 Å². The van der Waals surface area contributed by atoms with Crippen molar-refractivity contribution in [1.29, 1.82) is 0 Å². The van der Waals surface area contributed by atoms with Crippen LogP contribution in [-0.2, 0) is 14.3 Å². The summed E-state index contributed by atoms with van der Waals surface area (Å²) in [7, 11) is 0. The van der Waals surface area contributed by atoms with Crippen molar-refractivity contribution in [2.24, 2.45) is 5.73 Å². The zero-order valence-electron chi connectivity index (χ0n) is 39.2. The summed E-state index contributed by atoms with van der Waals surface area (Å²) in [4.78, 5) is 13.1. The van der Waals surface area contributed by atoms with Crippen molar-refractivity contribution in [3.63, 3.8) is 0 Å². The van der Waals surface area contributed by atoms with Crippen LogP contribution in [0.2, 0.25) is 0 Å². The van der Waals surface area contributed by atoms with E-state index in [2.05, 4.69) is 19.2 Å². The number of nitrogens with two attached hydrogens (primary N) is 1. The van der Waals surface area contributed by atoms with E-state index in [1.54, 1.807) is 0 Å². The maximum atomic E-state index is 13.1. The summed E-state index contributed by atoms with van der Waals surface area (Å²) in [5.41, 5.74) is 6.46. The van der Waals surface area contributed by atoms with Crippen molar-refractivity contribution in [2.75, 3.05) is 13.2 Å². The van der Waals surface area contributed by atoms with Crippen LogP contribution in [0.15, 0.2) is 0 Å². The fourth-order valence-corrected chi connectivity index (χ4v) is 8.67. The fourth-order valence-electron chi connectivity index (χ4n) is 8.67. The molecule has 0 aliphatic carbocycles. The van der Waals surface area contributed by atoms with E-state index in [0.717, 1.165) is 38.5 Å². The molecule has 0 spiro atoms. The van der Waals surface area contributed by atoms with Gasteiger partial charge >= 0.3 is 0 Å². The van der Waals surface area contributed by atoms with E-state index in [1.165, 1.54) is 186 Å². The average molecular weight is 857 g/mol. The van der Waals surface area contributed by atoms with Gasteiger partial charge in [-0.3, -0.25) is 4.79 Å². The van der Waals surface area contributed by atoms with E-state index < -0.39 is 55.5 Å². The van der Waals surface area contributed by atoms with Crippen molar-refractivity contribution in [3.05, 3.63) is 0 Å². The Morgan fingerprint density at radius 3 is 1.27 bits per heavy atom. The summed E-state index contributed by atoms with van der Waals surface area (Å²) in [5, 5.41) is 54.6. The Labute approximate surface area is 369 Å². The van der Waals surface area contributed by atoms with E-state index in [9.17, 15) is 30.3 Å². The van der Waals surface area contributed by atoms with Gasteiger partial charge in [-0.2, -0.15) is 0 Å². The van der Waals surface area contributed by atoms with Crippen LogP contribution in [0.25, 0.3) is 0 Å². The summed E-state index contributed by atoms with van der Waals surface area (Å²) in [6.45, 7) is 3.74. The molecule has 0 bridgehead atoms. The SMILES string of the molecule is CCCCCCCCCCCCCCCCCCCCCCCCCC(=O)N[C@@H](CO[C@H]1O[C@H](CO)[C@H](O)[C@H](O)[C@H]1O)[C@H](O)[C@@H](N)CCCCCCCCCCCCCC. The predicted octanol–water partition coefficient (Wildman–Crippen LogP) is 10.4. The fraction of sp³-hybridized carbons (Fsp3) is 0.980. The number of ether oxygens (including phenoxy) is 2. The molecule has 0 saturated carbocycles. The van der Waals surface area contributed by atoms with Crippen molar-refractivity contribution < 1.29 is 39.8 Å². The molecule has 1 saturated heterocycles. The lowest BCUT2D eigenvalue weighted by Gasteiger charge is -2.40. The van der Waals surface area contributed by atoms with Crippen LogP contribution in [0.5, 0.6) is 0 Å². The minimum atomic E-state index is -1.58. The average Bonchev–Trinajstić information content (AvgIpc) is 3.25. The highest BCUT2D eigenvalue weighted by Crippen LogP contribution is 2.23. The normalized spacial score (nSPS) is 21.0. The van der Waals surface area contributed by atoms with E-state index >= 15 is 0 Å². The lowest BCUT2D eigenvalue weighted by molar-refractivity contribution is -0.302. The Kier molecular flexibility index (Phi) is 39.0. The minimum Gasteiger partial charge on any atom is -0.394 e. The molecule has 1 aliphatic rings. The maximum Gasteiger partial charge on any atom is 0.220 e. The van der Waals surface area contributed by atoms with Crippen LogP contribution in [0.1, 0.15) is 251 Å². The molecule has 0 aromatic heterocycles. The molecule has 10 nitrogen and oxygen atoms in total. The summed E-state index contributed by atoms with van der Waals surface area (Å²) in [5.74, 6) is -0.197. The summed E-state index contributed by atoms with van der Waals surface area (Å²) >= 11 is 0. The highest BCUT2D eigenvalue weighted by molar-refractivity contribution is 5.76. The molecule has 8 N–H and O–H groups in total.